The molecule has 0 aromatic carbocycles. The summed E-state index contributed by atoms with van der Waals surface area (Å²) in [7, 11) is 0. The Hall–Kier alpha value is -0.800. The van der Waals surface area contributed by atoms with Gasteiger partial charge in [0.15, 0.2) is 0 Å². The summed E-state index contributed by atoms with van der Waals surface area (Å²) < 4.78 is 0. The minimum Gasteiger partial charge on any atom is -0.370 e. The second kappa shape index (κ2) is 8.60. The lowest BCUT2D eigenvalue weighted by Gasteiger charge is -2.25. The van der Waals surface area contributed by atoms with Crippen LogP contribution >= 0.6 is 11.6 Å². The van der Waals surface area contributed by atoms with Crippen molar-refractivity contribution >= 4 is 17.4 Å². The molecule has 0 amide bonds. The second-order valence-corrected chi connectivity index (χ2v) is 7.10. The van der Waals surface area contributed by atoms with Gasteiger partial charge in [-0.2, -0.15) is 0 Å². The molecule has 0 bridgehead atoms. The molecule has 4 heteroatoms. The quantitative estimate of drug-likeness (QED) is 0.738. The molecule has 1 aromatic rings. The summed E-state index contributed by atoms with van der Waals surface area (Å²) >= 11 is 6.21. The van der Waals surface area contributed by atoms with Crippen molar-refractivity contribution in [2.24, 2.45) is 17.8 Å². The number of nitrogens with one attached hydrogen (secondary N) is 2. The Morgan fingerprint density at radius 2 is 1.67 bits per heavy atom. The highest BCUT2D eigenvalue weighted by Gasteiger charge is 2.17. The van der Waals surface area contributed by atoms with Gasteiger partial charge in [0, 0.05) is 19.1 Å². The highest BCUT2D eigenvalue weighted by Crippen LogP contribution is 2.22. The van der Waals surface area contributed by atoms with Crippen LogP contribution in [0.3, 0.4) is 0 Å². The Balaban J connectivity index is 2.69. The molecule has 1 rings (SSSR count). The van der Waals surface area contributed by atoms with E-state index in [1.165, 1.54) is 0 Å². The van der Waals surface area contributed by atoms with Gasteiger partial charge in [-0.25, -0.2) is 4.98 Å². The van der Waals surface area contributed by atoms with Gasteiger partial charge in [-0.1, -0.05) is 53.1 Å². The predicted octanol–water partition coefficient (Wildman–Crippen LogP) is 4.57. The summed E-state index contributed by atoms with van der Waals surface area (Å²) in [5, 5.41) is 7.54. The van der Waals surface area contributed by atoms with Crippen molar-refractivity contribution in [3.8, 4) is 0 Å². The van der Waals surface area contributed by atoms with E-state index in [1.54, 1.807) is 0 Å². The van der Waals surface area contributed by atoms with Crippen molar-refractivity contribution in [1.29, 1.82) is 0 Å². The maximum atomic E-state index is 6.21. The molecule has 0 aliphatic rings. The SMILES string of the molecule is CC(C)NCc1nc(NCC(C(C)C)C(C)C)ccc1Cl. The fourth-order valence-electron chi connectivity index (χ4n) is 2.47. The highest BCUT2D eigenvalue weighted by molar-refractivity contribution is 6.31. The molecule has 0 fully saturated rings. The number of nitrogens with zero attached hydrogens (tertiary/aromatic N) is 1. The smallest absolute Gasteiger partial charge is 0.126 e. The van der Waals surface area contributed by atoms with E-state index >= 15 is 0 Å². The molecule has 0 radical (unpaired) electrons. The number of halogens is 1. The van der Waals surface area contributed by atoms with Gasteiger partial charge in [-0.05, 0) is 29.9 Å². The van der Waals surface area contributed by atoms with Gasteiger partial charge >= 0.3 is 0 Å². The largest absolute Gasteiger partial charge is 0.370 e. The molecule has 2 N–H and O–H groups in total. The van der Waals surface area contributed by atoms with Gasteiger partial charge in [0.2, 0.25) is 0 Å². The molecule has 0 saturated carbocycles. The van der Waals surface area contributed by atoms with Gasteiger partial charge in [0.1, 0.15) is 5.82 Å². The third kappa shape index (κ3) is 6.23. The van der Waals surface area contributed by atoms with Crippen LogP contribution in [-0.4, -0.2) is 17.6 Å². The van der Waals surface area contributed by atoms with Crippen molar-refractivity contribution in [2.75, 3.05) is 11.9 Å². The highest BCUT2D eigenvalue weighted by atomic mass is 35.5. The number of anilines is 1. The summed E-state index contributed by atoms with van der Waals surface area (Å²) in [5.74, 6) is 2.87. The Bertz CT molecular complexity index is 422. The van der Waals surface area contributed by atoms with Crippen LogP contribution in [0.15, 0.2) is 12.1 Å². The molecule has 1 aromatic heterocycles. The van der Waals surface area contributed by atoms with Crippen molar-refractivity contribution in [3.63, 3.8) is 0 Å². The second-order valence-electron chi connectivity index (χ2n) is 6.69. The third-order valence-electron chi connectivity index (χ3n) is 3.83. The molecule has 1 heterocycles. The van der Waals surface area contributed by atoms with E-state index in [0.717, 1.165) is 23.1 Å². The van der Waals surface area contributed by atoms with E-state index in [2.05, 4.69) is 57.2 Å². The van der Waals surface area contributed by atoms with E-state index in [1.807, 2.05) is 12.1 Å². The standard InChI is InChI=1S/C17H30ClN3/c1-11(2)14(12(3)4)9-20-17-8-7-15(18)16(21-17)10-19-13(5)6/h7-8,11-14,19H,9-10H2,1-6H3,(H,20,21). The zero-order chi connectivity index (χ0) is 16.0. The minimum atomic E-state index is 0.422. The summed E-state index contributed by atoms with van der Waals surface area (Å²) in [6.45, 7) is 15.0. The average molecular weight is 312 g/mol. The van der Waals surface area contributed by atoms with E-state index in [4.69, 9.17) is 11.6 Å². The molecule has 0 unspecified atom stereocenters. The molecule has 3 nitrogen and oxygen atoms in total. The molecular formula is C17H30ClN3. The third-order valence-corrected chi connectivity index (χ3v) is 4.17. The van der Waals surface area contributed by atoms with Gasteiger partial charge in [0.05, 0.1) is 10.7 Å². The first-order chi connectivity index (χ1) is 9.81. The Kier molecular flexibility index (Phi) is 7.47. The lowest BCUT2D eigenvalue weighted by atomic mass is 9.85. The molecular weight excluding hydrogens is 282 g/mol. The Morgan fingerprint density at radius 3 is 2.19 bits per heavy atom. The number of hydrogen-bond acceptors (Lipinski definition) is 3. The van der Waals surface area contributed by atoms with Crippen LogP contribution in [0.2, 0.25) is 5.02 Å². The molecule has 0 aliphatic heterocycles. The van der Waals surface area contributed by atoms with E-state index in [-0.39, 0.29) is 0 Å². The Labute approximate surface area is 134 Å². The summed E-state index contributed by atoms with van der Waals surface area (Å²) in [4.78, 5) is 4.63. The molecule has 0 saturated heterocycles. The fraction of sp³-hybridized carbons (Fsp3) is 0.706. The molecule has 0 spiro atoms. The monoisotopic (exact) mass is 311 g/mol. The molecule has 0 atom stereocenters. The van der Waals surface area contributed by atoms with Crippen LogP contribution < -0.4 is 10.6 Å². The lowest BCUT2D eigenvalue weighted by molar-refractivity contribution is 0.304. The van der Waals surface area contributed by atoms with Crippen molar-refractivity contribution in [3.05, 3.63) is 22.8 Å². The fourth-order valence-corrected chi connectivity index (χ4v) is 2.64. The molecule has 120 valence electrons. The first kappa shape index (κ1) is 18.2. The van der Waals surface area contributed by atoms with Gasteiger partial charge in [0.25, 0.3) is 0 Å². The number of hydrogen-bond donors (Lipinski definition) is 2. The van der Waals surface area contributed by atoms with Crippen molar-refractivity contribution in [2.45, 2.75) is 54.1 Å². The van der Waals surface area contributed by atoms with Crippen LogP contribution in [0.25, 0.3) is 0 Å². The first-order valence-electron chi connectivity index (χ1n) is 7.94. The van der Waals surface area contributed by atoms with Crippen LogP contribution in [0.5, 0.6) is 0 Å². The van der Waals surface area contributed by atoms with Crippen LogP contribution in [0.1, 0.15) is 47.2 Å². The predicted molar refractivity (Wildman–Crippen MR) is 92.9 cm³/mol. The zero-order valence-electron chi connectivity index (χ0n) is 14.2. The molecule has 0 aliphatic carbocycles. The topological polar surface area (TPSA) is 37.0 Å². The van der Waals surface area contributed by atoms with Gasteiger partial charge in [-0.3, -0.25) is 0 Å². The summed E-state index contributed by atoms with van der Waals surface area (Å²) in [6, 6.07) is 4.30. The maximum Gasteiger partial charge on any atom is 0.126 e. The van der Waals surface area contributed by atoms with Gasteiger partial charge in [-0.15, -0.1) is 0 Å². The average Bonchev–Trinajstić information content (AvgIpc) is 2.38. The summed E-state index contributed by atoms with van der Waals surface area (Å²) in [6.07, 6.45) is 0. The van der Waals surface area contributed by atoms with E-state index in [9.17, 15) is 0 Å². The number of aromatic nitrogens is 1. The number of pyridine rings is 1. The van der Waals surface area contributed by atoms with Crippen LogP contribution in [0.4, 0.5) is 5.82 Å². The molecule has 21 heavy (non-hydrogen) atoms. The van der Waals surface area contributed by atoms with Crippen LogP contribution in [0, 0.1) is 17.8 Å². The normalized spacial score (nSPS) is 12.0. The van der Waals surface area contributed by atoms with Crippen LogP contribution in [-0.2, 0) is 6.54 Å². The number of rotatable bonds is 8. The zero-order valence-corrected chi connectivity index (χ0v) is 15.0. The van der Waals surface area contributed by atoms with E-state index in [0.29, 0.717) is 30.3 Å². The van der Waals surface area contributed by atoms with E-state index < -0.39 is 0 Å². The summed E-state index contributed by atoms with van der Waals surface area (Å²) in [5.41, 5.74) is 0.904. The maximum absolute atomic E-state index is 6.21. The van der Waals surface area contributed by atoms with Crippen molar-refractivity contribution < 1.29 is 0 Å². The van der Waals surface area contributed by atoms with Gasteiger partial charge < -0.3 is 10.6 Å². The minimum absolute atomic E-state index is 0.422. The first-order valence-corrected chi connectivity index (χ1v) is 8.31. The lowest BCUT2D eigenvalue weighted by Crippen LogP contribution is -2.25. The Morgan fingerprint density at radius 1 is 1.05 bits per heavy atom. The van der Waals surface area contributed by atoms with Crippen molar-refractivity contribution in [1.82, 2.24) is 10.3 Å².